The molecule has 0 aliphatic rings. The normalized spacial score (nSPS) is 10.2. The summed E-state index contributed by atoms with van der Waals surface area (Å²) >= 11 is 3.05. The number of halogens is 1. The Labute approximate surface area is 82.3 Å². The van der Waals surface area contributed by atoms with Crippen LogP contribution in [0.15, 0.2) is 33.6 Å². The van der Waals surface area contributed by atoms with Gasteiger partial charge in [-0.05, 0) is 24.3 Å². The van der Waals surface area contributed by atoms with Gasteiger partial charge in [-0.2, -0.15) is 4.98 Å². The van der Waals surface area contributed by atoms with Crippen LogP contribution in [0.25, 0.3) is 11.4 Å². The van der Waals surface area contributed by atoms with Crippen LogP contribution in [-0.2, 0) is 0 Å². The number of rotatable bonds is 1. The Kier molecular flexibility index (Phi) is 2.02. The molecule has 4 nitrogen and oxygen atoms in total. The van der Waals surface area contributed by atoms with Crippen molar-refractivity contribution in [3.63, 3.8) is 0 Å². The van der Waals surface area contributed by atoms with Gasteiger partial charge in [-0.1, -0.05) is 5.16 Å². The fourth-order valence-corrected chi connectivity index (χ4v) is 1.17. The summed E-state index contributed by atoms with van der Waals surface area (Å²) in [6.07, 6.45) is 0. The van der Waals surface area contributed by atoms with Gasteiger partial charge >= 0.3 is 0 Å². The molecule has 0 aliphatic heterocycles. The van der Waals surface area contributed by atoms with Crippen molar-refractivity contribution in [2.24, 2.45) is 0 Å². The van der Waals surface area contributed by atoms with Crippen molar-refractivity contribution in [2.75, 3.05) is 0 Å². The Morgan fingerprint density at radius 1 is 1.23 bits per heavy atom. The van der Waals surface area contributed by atoms with Crippen molar-refractivity contribution >= 4 is 15.9 Å². The molecule has 5 heteroatoms. The van der Waals surface area contributed by atoms with Crippen molar-refractivity contribution in [2.45, 2.75) is 0 Å². The zero-order valence-electron chi connectivity index (χ0n) is 6.44. The molecule has 0 spiro atoms. The maximum absolute atomic E-state index is 9.04. The first-order valence-corrected chi connectivity index (χ1v) is 4.33. The lowest BCUT2D eigenvalue weighted by atomic mass is 10.2. The second kappa shape index (κ2) is 3.18. The van der Waals surface area contributed by atoms with Crippen LogP contribution in [0.3, 0.4) is 0 Å². The Bertz CT molecular complexity index is 410. The van der Waals surface area contributed by atoms with E-state index in [0.29, 0.717) is 10.6 Å². The molecule has 13 heavy (non-hydrogen) atoms. The highest BCUT2D eigenvalue weighted by Crippen LogP contribution is 2.20. The van der Waals surface area contributed by atoms with E-state index in [1.165, 1.54) is 0 Å². The van der Waals surface area contributed by atoms with Gasteiger partial charge in [0.2, 0.25) is 5.82 Å². The Hall–Kier alpha value is -1.36. The number of nitrogens with zero attached hydrogens (tertiary/aromatic N) is 2. The van der Waals surface area contributed by atoms with Gasteiger partial charge in [0.25, 0.3) is 4.80 Å². The van der Waals surface area contributed by atoms with Crippen molar-refractivity contribution in [1.29, 1.82) is 0 Å². The van der Waals surface area contributed by atoms with E-state index in [0.717, 1.165) is 5.56 Å². The topological polar surface area (TPSA) is 59.2 Å². The Morgan fingerprint density at radius 3 is 2.46 bits per heavy atom. The van der Waals surface area contributed by atoms with Gasteiger partial charge in [-0.15, -0.1) is 0 Å². The van der Waals surface area contributed by atoms with Crippen LogP contribution in [0.1, 0.15) is 0 Å². The molecule has 0 aliphatic carbocycles. The first-order valence-electron chi connectivity index (χ1n) is 3.54. The molecule has 2 rings (SSSR count). The molecule has 1 heterocycles. The largest absolute Gasteiger partial charge is 0.508 e. The van der Waals surface area contributed by atoms with Crippen LogP contribution < -0.4 is 0 Å². The van der Waals surface area contributed by atoms with Gasteiger partial charge in [0.15, 0.2) is 0 Å². The van der Waals surface area contributed by atoms with Crippen LogP contribution in [0, 0.1) is 0 Å². The minimum atomic E-state index is 0.214. The Morgan fingerprint density at radius 2 is 1.92 bits per heavy atom. The molecule has 0 radical (unpaired) electrons. The molecule has 1 N–H and O–H groups in total. The van der Waals surface area contributed by atoms with Crippen LogP contribution in [-0.4, -0.2) is 15.2 Å². The standard InChI is InChI=1S/C8H5BrN2O2/c9-8-10-7(11-13-8)5-1-3-6(12)4-2-5/h1-4,12H. The fraction of sp³-hybridized carbons (Fsp3) is 0. The van der Waals surface area contributed by atoms with E-state index in [1.54, 1.807) is 24.3 Å². The zero-order chi connectivity index (χ0) is 9.26. The summed E-state index contributed by atoms with van der Waals surface area (Å²) < 4.78 is 4.74. The number of benzene rings is 1. The number of hydrogen-bond donors (Lipinski definition) is 1. The average Bonchev–Trinajstić information content (AvgIpc) is 2.53. The molecule has 0 atom stereocenters. The van der Waals surface area contributed by atoms with Crippen LogP contribution in [0.2, 0.25) is 0 Å². The van der Waals surface area contributed by atoms with Gasteiger partial charge in [0.05, 0.1) is 0 Å². The molecular formula is C8H5BrN2O2. The summed E-state index contributed by atoms with van der Waals surface area (Å²) in [6, 6.07) is 6.57. The third-order valence-corrected chi connectivity index (χ3v) is 1.85. The van der Waals surface area contributed by atoms with Gasteiger partial charge in [-0.25, -0.2) is 0 Å². The highest BCUT2D eigenvalue weighted by Gasteiger charge is 2.05. The van der Waals surface area contributed by atoms with Crippen molar-refractivity contribution < 1.29 is 9.63 Å². The summed E-state index contributed by atoms with van der Waals surface area (Å²) in [5, 5.41) is 12.7. The summed E-state index contributed by atoms with van der Waals surface area (Å²) in [5.74, 6) is 0.707. The second-order valence-corrected chi connectivity index (χ2v) is 3.10. The van der Waals surface area contributed by atoms with E-state index >= 15 is 0 Å². The summed E-state index contributed by atoms with van der Waals surface area (Å²) in [7, 11) is 0. The van der Waals surface area contributed by atoms with Crippen molar-refractivity contribution in [3.8, 4) is 17.1 Å². The zero-order valence-corrected chi connectivity index (χ0v) is 8.02. The second-order valence-electron chi connectivity index (χ2n) is 2.42. The van der Waals surface area contributed by atoms with Crippen LogP contribution in [0.4, 0.5) is 0 Å². The van der Waals surface area contributed by atoms with E-state index in [9.17, 15) is 0 Å². The van der Waals surface area contributed by atoms with Gasteiger partial charge in [-0.3, -0.25) is 0 Å². The van der Waals surface area contributed by atoms with E-state index in [1.807, 2.05) is 0 Å². The lowest BCUT2D eigenvalue weighted by Gasteiger charge is -1.93. The highest BCUT2D eigenvalue weighted by molar-refractivity contribution is 9.10. The number of aromatic hydroxyl groups is 1. The smallest absolute Gasteiger partial charge is 0.294 e. The molecule has 0 amide bonds. The first-order chi connectivity index (χ1) is 6.25. The fourth-order valence-electron chi connectivity index (χ4n) is 0.933. The molecule has 0 fully saturated rings. The van der Waals surface area contributed by atoms with Crippen LogP contribution in [0.5, 0.6) is 5.75 Å². The predicted octanol–water partition coefficient (Wildman–Crippen LogP) is 2.20. The van der Waals surface area contributed by atoms with Gasteiger partial charge < -0.3 is 9.63 Å². The monoisotopic (exact) mass is 240 g/mol. The van der Waals surface area contributed by atoms with Crippen molar-refractivity contribution in [3.05, 3.63) is 29.1 Å². The third-order valence-electron chi connectivity index (χ3n) is 1.53. The lowest BCUT2D eigenvalue weighted by molar-refractivity contribution is 0.397. The molecular weight excluding hydrogens is 236 g/mol. The van der Waals surface area contributed by atoms with E-state index in [-0.39, 0.29) is 5.75 Å². The SMILES string of the molecule is Oc1ccc(-c2noc(Br)n2)cc1. The third kappa shape index (κ3) is 1.70. The maximum atomic E-state index is 9.04. The minimum Gasteiger partial charge on any atom is -0.508 e. The number of hydrogen-bond acceptors (Lipinski definition) is 4. The quantitative estimate of drug-likeness (QED) is 0.831. The molecule has 0 unspecified atom stereocenters. The van der Waals surface area contributed by atoms with E-state index < -0.39 is 0 Å². The molecule has 1 aromatic carbocycles. The summed E-state index contributed by atoms with van der Waals surface area (Å²) in [6.45, 7) is 0. The highest BCUT2D eigenvalue weighted by atomic mass is 79.9. The van der Waals surface area contributed by atoms with E-state index in [4.69, 9.17) is 9.63 Å². The number of phenols is 1. The minimum absolute atomic E-state index is 0.214. The van der Waals surface area contributed by atoms with Gasteiger partial charge in [0.1, 0.15) is 5.75 Å². The maximum Gasteiger partial charge on any atom is 0.294 e. The summed E-state index contributed by atoms with van der Waals surface area (Å²) in [5.41, 5.74) is 0.798. The van der Waals surface area contributed by atoms with Gasteiger partial charge in [0, 0.05) is 21.5 Å². The van der Waals surface area contributed by atoms with E-state index in [2.05, 4.69) is 26.1 Å². The predicted molar refractivity (Wildman–Crippen MR) is 49.1 cm³/mol. The molecule has 2 aromatic rings. The van der Waals surface area contributed by atoms with Crippen molar-refractivity contribution in [1.82, 2.24) is 10.1 Å². The Balaban J connectivity index is 2.41. The molecule has 66 valence electrons. The average molecular weight is 241 g/mol. The molecule has 0 saturated carbocycles. The summed E-state index contributed by atoms with van der Waals surface area (Å²) in [4.78, 5) is 4.31. The lowest BCUT2D eigenvalue weighted by Crippen LogP contribution is -1.78. The molecule has 0 saturated heterocycles. The molecule has 0 bridgehead atoms. The van der Waals surface area contributed by atoms with Crippen LogP contribution >= 0.6 is 15.9 Å². The number of phenolic OH excluding ortho intramolecular Hbond substituents is 1. The first kappa shape index (κ1) is 8.25. The molecule has 1 aromatic heterocycles. The number of aromatic nitrogens is 2.